The van der Waals surface area contributed by atoms with Crippen LogP contribution >= 0.6 is 23.2 Å². The summed E-state index contributed by atoms with van der Waals surface area (Å²) in [6.45, 7) is -3.47. The lowest BCUT2D eigenvalue weighted by Crippen LogP contribution is -2.69. The zero-order valence-corrected chi connectivity index (χ0v) is 15.9. The summed E-state index contributed by atoms with van der Waals surface area (Å²) in [5.41, 5.74) is -6.25. The predicted molar refractivity (Wildman–Crippen MR) is 91.6 cm³/mol. The van der Waals surface area contributed by atoms with Gasteiger partial charge in [-0.1, -0.05) is 0 Å². The summed E-state index contributed by atoms with van der Waals surface area (Å²) in [6.07, 6.45) is -9.76. The van der Waals surface area contributed by atoms with Crippen molar-refractivity contribution in [1.82, 2.24) is 19.9 Å². The maximum absolute atomic E-state index is 12.9. The van der Waals surface area contributed by atoms with Gasteiger partial charge in [-0.25, -0.2) is 9.97 Å². The van der Waals surface area contributed by atoms with Gasteiger partial charge in [0.25, 0.3) is 0 Å². The van der Waals surface area contributed by atoms with Crippen LogP contribution in [0.4, 0.5) is 38.0 Å². The van der Waals surface area contributed by atoms with Crippen LogP contribution in [0.15, 0.2) is 0 Å². The molecule has 164 valence electrons. The SMILES string of the molecule is OC1(C(F)(F)F)CN(c2nc(Cl)nc3c(N4CC(O)(C(F)(F)F)C4)nc(Cl)nc23)C1. The molecule has 2 fully saturated rings. The Morgan fingerprint density at radius 1 is 0.667 bits per heavy atom. The highest BCUT2D eigenvalue weighted by molar-refractivity contribution is 6.30. The molecule has 16 heteroatoms. The second kappa shape index (κ2) is 6.31. The Kier molecular flexibility index (Phi) is 4.49. The van der Waals surface area contributed by atoms with Gasteiger partial charge >= 0.3 is 12.4 Å². The van der Waals surface area contributed by atoms with Crippen molar-refractivity contribution in [3.63, 3.8) is 0 Å². The number of alkyl halides is 6. The topological polar surface area (TPSA) is 98.5 Å². The first kappa shape index (κ1) is 21.3. The summed E-state index contributed by atoms with van der Waals surface area (Å²) in [7, 11) is 0. The van der Waals surface area contributed by atoms with E-state index in [1.807, 2.05) is 0 Å². The van der Waals surface area contributed by atoms with E-state index < -0.39 is 60.3 Å². The average Bonchev–Trinajstić information content (AvgIpc) is 2.53. The van der Waals surface area contributed by atoms with Gasteiger partial charge in [0, 0.05) is 0 Å². The molecule has 0 unspecified atom stereocenters. The van der Waals surface area contributed by atoms with Gasteiger partial charge in [0.1, 0.15) is 11.0 Å². The van der Waals surface area contributed by atoms with Crippen LogP contribution in [0.25, 0.3) is 11.0 Å². The van der Waals surface area contributed by atoms with E-state index in [9.17, 15) is 36.6 Å². The molecule has 2 aliphatic rings. The molecule has 30 heavy (non-hydrogen) atoms. The van der Waals surface area contributed by atoms with Gasteiger partial charge in [-0.2, -0.15) is 36.3 Å². The van der Waals surface area contributed by atoms with E-state index in [2.05, 4.69) is 19.9 Å². The van der Waals surface area contributed by atoms with Crippen LogP contribution < -0.4 is 9.80 Å². The highest BCUT2D eigenvalue weighted by atomic mass is 35.5. The first-order valence-corrected chi connectivity index (χ1v) is 8.88. The summed E-state index contributed by atoms with van der Waals surface area (Å²) in [5.74, 6) is -0.396. The Morgan fingerprint density at radius 2 is 0.967 bits per heavy atom. The average molecular weight is 479 g/mol. The molecule has 0 bridgehead atoms. The summed E-state index contributed by atoms with van der Waals surface area (Å²) >= 11 is 11.7. The van der Waals surface area contributed by atoms with Gasteiger partial charge < -0.3 is 20.0 Å². The molecule has 0 atom stereocenters. The third kappa shape index (κ3) is 3.16. The number of hydrogen-bond acceptors (Lipinski definition) is 8. The number of anilines is 2. The molecule has 2 saturated heterocycles. The Labute approximate surface area is 173 Å². The van der Waals surface area contributed by atoms with Crippen LogP contribution in [-0.4, -0.2) is 79.9 Å². The fraction of sp³-hybridized carbons (Fsp3) is 0.571. The second-order valence-corrected chi connectivity index (χ2v) is 7.78. The molecule has 0 amide bonds. The van der Waals surface area contributed by atoms with Crippen molar-refractivity contribution < 1.29 is 36.6 Å². The fourth-order valence-corrected chi connectivity index (χ4v) is 3.53. The van der Waals surface area contributed by atoms with Crippen LogP contribution in [-0.2, 0) is 0 Å². The Morgan fingerprint density at radius 3 is 1.23 bits per heavy atom. The van der Waals surface area contributed by atoms with Crippen molar-refractivity contribution in [2.75, 3.05) is 36.0 Å². The smallest absolute Gasteiger partial charge is 0.378 e. The lowest BCUT2D eigenvalue weighted by Gasteiger charge is -2.48. The van der Waals surface area contributed by atoms with Crippen LogP contribution in [0.2, 0.25) is 10.6 Å². The maximum atomic E-state index is 12.9. The molecular weight excluding hydrogens is 469 g/mol. The van der Waals surface area contributed by atoms with E-state index >= 15 is 0 Å². The number of halogens is 8. The number of rotatable bonds is 2. The zero-order chi connectivity index (χ0) is 22.3. The van der Waals surface area contributed by atoms with Gasteiger partial charge in [0.15, 0.2) is 22.8 Å². The molecule has 2 N–H and O–H groups in total. The predicted octanol–water partition coefficient (Wildman–Crippen LogP) is 1.95. The Bertz CT molecular complexity index is 941. The molecule has 4 rings (SSSR count). The van der Waals surface area contributed by atoms with Crippen LogP contribution in [0, 0.1) is 0 Å². The van der Waals surface area contributed by atoms with Gasteiger partial charge in [0.2, 0.25) is 10.6 Å². The zero-order valence-electron chi connectivity index (χ0n) is 14.4. The normalized spacial score (nSPS) is 20.9. The van der Waals surface area contributed by atoms with Crippen molar-refractivity contribution in [2.45, 2.75) is 23.6 Å². The van der Waals surface area contributed by atoms with E-state index in [1.54, 1.807) is 0 Å². The van der Waals surface area contributed by atoms with Crippen LogP contribution in [0.1, 0.15) is 0 Å². The molecule has 0 aliphatic carbocycles. The highest BCUT2D eigenvalue weighted by Crippen LogP contribution is 2.44. The third-order valence-corrected chi connectivity index (χ3v) is 5.25. The van der Waals surface area contributed by atoms with Crippen LogP contribution in [0.3, 0.4) is 0 Å². The van der Waals surface area contributed by atoms with Crippen molar-refractivity contribution in [3.05, 3.63) is 10.6 Å². The standard InChI is InChI=1S/C14H10Cl2F6N6O2/c15-9-24-6-5(7(25-9)27-1-11(29,2-27)13(17,18)19)23-10(16)26-8(6)28-3-12(30,4-28)14(20,21)22/h29-30H,1-4H2. The monoisotopic (exact) mass is 478 g/mol. The lowest BCUT2D eigenvalue weighted by atomic mass is 9.93. The Balaban J connectivity index is 1.73. The van der Waals surface area contributed by atoms with Crippen molar-refractivity contribution in [1.29, 1.82) is 0 Å². The number of aromatic nitrogens is 4. The number of fused-ring (bicyclic) bond motifs is 1. The largest absolute Gasteiger partial charge is 0.420 e. The lowest BCUT2D eigenvalue weighted by molar-refractivity contribution is -0.267. The number of nitrogens with zero attached hydrogens (tertiary/aromatic N) is 6. The molecule has 0 saturated carbocycles. The molecular formula is C14H10Cl2F6N6O2. The quantitative estimate of drug-likeness (QED) is 0.499. The van der Waals surface area contributed by atoms with Crippen molar-refractivity contribution >= 4 is 45.9 Å². The van der Waals surface area contributed by atoms with Gasteiger partial charge in [0.05, 0.1) is 26.2 Å². The molecule has 2 aliphatic heterocycles. The van der Waals surface area contributed by atoms with E-state index in [-0.39, 0.29) is 22.7 Å². The molecule has 2 aromatic rings. The van der Waals surface area contributed by atoms with Crippen molar-refractivity contribution in [2.24, 2.45) is 0 Å². The summed E-state index contributed by atoms with van der Waals surface area (Å²) in [5, 5.41) is 18.4. The van der Waals surface area contributed by atoms with E-state index in [4.69, 9.17) is 23.2 Å². The third-order valence-electron chi connectivity index (χ3n) is 4.92. The summed E-state index contributed by atoms with van der Waals surface area (Å²) < 4.78 is 77.5. The first-order valence-electron chi connectivity index (χ1n) is 8.12. The maximum Gasteiger partial charge on any atom is 0.420 e. The van der Waals surface area contributed by atoms with Crippen LogP contribution in [0.5, 0.6) is 0 Å². The second-order valence-electron chi connectivity index (χ2n) is 7.10. The summed E-state index contributed by atoms with van der Waals surface area (Å²) in [4.78, 5) is 17.5. The number of aliphatic hydroxyl groups is 2. The molecule has 0 radical (unpaired) electrons. The van der Waals surface area contributed by atoms with Gasteiger partial charge in [-0.05, 0) is 23.2 Å². The number of hydrogen-bond donors (Lipinski definition) is 2. The van der Waals surface area contributed by atoms with Gasteiger partial charge in [-0.15, -0.1) is 0 Å². The fourth-order valence-electron chi connectivity index (χ4n) is 3.20. The summed E-state index contributed by atoms with van der Waals surface area (Å²) in [6, 6.07) is 0. The molecule has 8 nitrogen and oxygen atoms in total. The van der Waals surface area contributed by atoms with E-state index in [1.165, 1.54) is 0 Å². The minimum Gasteiger partial charge on any atom is -0.378 e. The minimum absolute atomic E-state index is 0.166. The van der Waals surface area contributed by atoms with Gasteiger partial charge in [-0.3, -0.25) is 0 Å². The van der Waals surface area contributed by atoms with E-state index in [0.29, 0.717) is 0 Å². The molecule has 4 heterocycles. The number of β-amino-alcohol motifs (C(OH)–C–C–N with tert-alkyl or cyclic N) is 2. The highest BCUT2D eigenvalue weighted by Gasteiger charge is 2.63. The molecule has 0 aromatic carbocycles. The Hall–Kier alpha value is -1.90. The van der Waals surface area contributed by atoms with Crippen molar-refractivity contribution in [3.8, 4) is 0 Å². The van der Waals surface area contributed by atoms with E-state index in [0.717, 1.165) is 9.80 Å². The molecule has 0 spiro atoms. The first-order chi connectivity index (χ1) is 13.6. The molecule has 2 aromatic heterocycles. The minimum atomic E-state index is -4.88.